The molecule has 0 amide bonds. The van der Waals surface area contributed by atoms with Crippen molar-refractivity contribution in [1.29, 1.82) is 0 Å². The first-order valence-electron chi connectivity index (χ1n) is 11.1. The summed E-state index contributed by atoms with van der Waals surface area (Å²) < 4.78 is 8.44. The second-order valence-electron chi connectivity index (χ2n) is 8.24. The van der Waals surface area contributed by atoms with Crippen LogP contribution in [0.15, 0.2) is 24.3 Å². The molecule has 1 saturated heterocycles. The molecule has 158 valence electrons. The molecule has 4 rings (SSSR count). The number of likely N-dealkylation sites (tertiary alicyclic amines) is 1. The summed E-state index contributed by atoms with van der Waals surface area (Å²) in [6.45, 7) is 3.89. The normalized spacial score (nSPS) is 22.4. The number of hydrogen-bond donors (Lipinski definition) is 2. The van der Waals surface area contributed by atoms with E-state index in [0.29, 0.717) is 5.95 Å². The smallest absolute Gasteiger partial charge is 0.241 e. The largest absolute Gasteiger partial charge is 0.366 e. The zero-order valence-electron chi connectivity index (χ0n) is 17.6. The third-order valence-corrected chi connectivity index (χ3v) is 6.24. The molecule has 29 heavy (non-hydrogen) atoms. The Morgan fingerprint density at radius 2 is 1.97 bits per heavy atom. The molecule has 2 aliphatic rings. The number of ether oxygens (including phenoxy) is 1. The molecule has 1 aromatic carbocycles. The Balaban J connectivity index is 1.36. The van der Waals surface area contributed by atoms with Crippen LogP contribution in [0.1, 0.15) is 56.1 Å². The average molecular weight is 399 g/mol. The van der Waals surface area contributed by atoms with E-state index in [1.54, 1.807) is 4.68 Å². The van der Waals surface area contributed by atoms with Crippen LogP contribution in [0.3, 0.4) is 0 Å². The molecule has 1 fully saturated rings. The van der Waals surface area contributed by atoms with Crippen LogP contribution in [0, 0.1) is 0 Å². The highest BCUT2D eigenvalue weighted by atomic mass is 16.5. The molecule has 7 heteroatoms. The highest BCUT2D eigenvalue weighted by Gasteiger charge is 2.42. The summed E-state index contributed by atoms with van der Waals surface area (Å²) in [5.41, 5.74) is 8.26. The summed E-state index contributed by atoms with van der Waals surface area (Å²) in [6.07, 6.45) is 9.38. The van der Waals surface area contributed by atoms with Gasteiger partial charge in [0.05, 0.1) is 0 Å². The first-order valence-corrected chi connectivity index (χ1v) is 11.1. The van der Waals surface area contributed by atoms with Gasteiger partial charge in [-0.05, 0) is 50.5 Å². The number of unbranched alkanes of at least 4 members (excludes halogenated alkanes) is 1. The minimum absolute atomic E-state index is 0.235. The zero-order valence-corrected chi connectivity index (χ0v) is 17.6. The minimum atomic E-state index is -0.235. The Morgan fingerprint density at radius 1 is 1.14 bits per heavy atom. The summed E-state index contributed by atoms with van der Waals surface area (Å²) in [7, 11) is 1.84. The van der Waals surface area contributed by atoms with E-state index in [1.165, 1.54) is 43.2 Å². The molecule has 7 nitrogen and oxygen atoms in total. The van der Waals surface area contributed by atoms with Gasteiger partial charge < -0.3 is 15.8 Å². The van der Waals surface area contributed by atoms with Gasteiger partial charge in [-0.3, -0.25) is 4.90 Å². The van der Waals surface area contributed by atoms with Gasteiger partial charge in [0, 0.05) is 38.9 Å². The van der Waals surface area contributed by atoms with Gasteiger partial charge in [-0.15, -0.1) is 5.10 Å². The minimum Gasteiger partial charge on any atom is -0.366 e. The molecule has 2 heterocycles. The van der Waals surface area contributed by atoms with Crippen molar-refractivity contribution in [3.05, 3.63) is 35.4 Å². The Bertz CT molecular complexity index is 800. The van der Waals surface area contributed by atoms with Crippen LogP contribution in [0.25, 0.3) is 0 Å². The van der Waals surface area contributed by atoms with E-state index >= 15 is 0 Å². The lowest BCUT2D eigenvalue weighted by Crippen LogP contribution is -2.52. The predicted octanol–water partition coefficient (Wildman–Crippen LogP) is 3.28. The quantitative estimate of drug-likeness (QED) is 0.664. The van der Waals surface area contributed by atoms with Crippen LogP contribution in [-0.4, -0.2) is 45.9 Å². The number of rotatable bonds is 8. The van der Waals surface area contributed by atoms with Gasteiger partial charge in [-0.2, -0.15) is 4.98 Å². The Morgan fingerprint density at radius 3 is 2.76 bits per heavy atom. The summed E-state index contributed by atoms with van der Waals surface area (Å²) >= 11 is 0. The SMILES string of the molecule is Cn1nc(N)nc1NCCCCOC1(N2CCCCC2)CCCc2ccccc21. The van der Waals surface area contributed by atoms with Crippen molar-refractivity contribution < 1.29 is 4.74 Å². The number of nitrogens with zero attached hydrogens (tertiary/aromatic N) is 4. The fraction of sp³-hybridized carbons (Fsp3) is 0.636. The van der Waals surface area contributed by atoms with E-state index in [9.17, 15) is 0 Å². The number of nitrogens with one attached hydrogen (secondary N) is 1. The maximum Gasteiger partial charge on any atom is 0.241 e. The molecule has 1 aliphatic carbocycles. The van der Waals surface area contributed by atoms with Crippen molar-refractivity contribution in [3.8, 4) is 0 Å². The maximum absolute atomic E-state index is 6.76. The summed E-state index contributed by atoms with van der Waals surface area (Å²) in [4.78, 5) is 6.80. The lowest BCUT2D eigenvalue weighted by atomic mass is 9.82. The highest BCUT2D eigenvalue weighted by Crippen LogP contribution is 2.42. The fourth-order valence-electron chi connectivity index (χ4n) is 4.82. The van der Waals surface area contributed by atoms with Gasteiger partial charge in [-0.1, -0.05) is 30.7 Å². The van der Waals surface area contributed by atoms with Crippen LogP contribution in [0.4, 0.5) is 11.9 Å². The Kier molecular flexibility index (Phi) is 6.35. The number of aryl methyl sites for hydroxylation is 2. The van der Waals surface area contributed by atoms with Crippen molar-refractivity contribution >= 4 is 11.9 Å². The van der Waals surface area contributed by atoms with Crippen molar-refractivity contribution in [3.63, 3.8) is 0 Å². The van der Waals surface area contributed by atoms with E-state index in [4.69, 9.17) is 10.5 Å². The number of hydrogen-bond acceptors (Lipinski definition) is 6. The fourth-order valence-corrected chi connectivity index (χ4v) is 4.82. The standard InChI is InChI=1S/C22H34N6O/c1-27-21(25-20(23)26-27)24-14-5-8-17-29-22(28-15-6-2-7-16-28)13-9-11-18-10-3-4-12-19(18)22/h3-4,10,12H,2,5-9,11,13-17H2,1H3,(H3,23,24,25,26). The Labute approximate surface area is 173 Å². The molecular weight excluding hydrogens is 364 g/mol. The first-order chi connectivity index (χ1) is 14.2. The highest BCUT2D eigenvalue weighted by molar-refractivity contribution is 5.35. The second kappa shape index (κ2) is 9.13. The number of aromatic nitrogens is 3. The predicted molar refractivity (Wildman–Crippen MR) is 116 cm³/mol. The zero-order chi connectivity index (χ0) is 20.1. The third kappa shape index (κ3) is 4.41. The van der Waals surface area contributed by atoms with Crippen LogP contribution in [-0.2, 0) is 23.9 Å². The van der Waals surface area contributed by atoms with Gasteiger partial charge >= 0.3 is 0 Å². The number of anilines is 2. The lowest BCUT2D eigenvalue weighted by molar-refractivity contribution is -0.180. The second-order valence-corrected chi connectivity index (χ2v) is 8.24. The van der Waals surface area contributed by atoms with E-state index in [1.807, 2.05) is 7.05 Å². The molecule has 0 saturated carbocycles. The van der Waals surface area contributed by atoms with Gasteiger partial charge in [-0.25, -0.2) is 4.68 Å². The summed E-state index contributed by atoms with van der Waals surface area (Å²) in [6, 6.07) is 8.91. The van der Waals surface area contributed by atoms with Crippen LogP contribution >= 0.6 is 0 Å². The molecule has 0 spiro atoms. The maximum atomic E-state index is 6.76. The van der Waals surface area contributed by atoms with E-state index in [0.717, 1.165) is 51.5 Å². The topological polar surface area (TPSA) is 81.2 Å². The molecular formula is C22H34N6O. The molecule has 3 N–H and O–H groups in total. The van der Waals surface area contributed by atoms with Crippen molar-refractivity contribution in [2.45, 2.75) is 57.1 Å². The number of piperidine rings is 1. The average Bonchev–Trinajstić information content (AvgIpc) is 3.08. The molecule has 2 aromatic rings. The molecule has 1 unspecified atom stereocenters. The van der Waals surface area contributed by atoms with E-state index in [-0.39, 0.29) is 5.72 Å². The third-order valence-electron chi connectivity index (χ3n) is 6.24. The summed E-state index contributed by atoms with van der Waals surface area (Å²) in [5.74, 6) is 1.02. The van der Waals surface area contributed by atoms with Gasteiger partial charge in [0.25, 0.3) is 0 Å². The van der Waals surface area contributed by atoms with Crippen LogP contribution < -0.4 is 11.1 Å². The molecule has 1 aromatic heterocycles. The van der Waals surface area contributed by atoms with Crippen molar-refractivity contribution in [2.75, 3.05) is 37.3 Å². The van der Waals surface area contributed by atoms with Gasteiger partial charge in [0.1, 0.15) is 5.72 Å². The lowest BCUT2D eigenvalue weighted by Gasteiger charge is -2.48. The monoisotopic (exact) mass is 398 g/mol. The number of nitrogen functional groups attached to an aromatic ring is 1. The number of fused-ring (bicyclic) bond motifs is 1. The number of nitrogens with two attached hydrogens (primary N) is 1. The molecule has 1 aliphatic heterocycles. The number of benzene rings is 1. The molecule has 1 atom stereocenters. The Hall–Kier alpha value is -2.12. The first kappa shape index (κ1) is 20.2. The van der Waals surface area contributed by atoms with Crippen LogP contribution in [0.2, 0.25) is 0 Å². The van der Waals surface area contributed by atoms with Gasteiger partial charge in [0.15, 0.2) is 0 Å². The van der Waals surface area contributed by atoms with Crippen molar-refractivity contribution in [1.82, 2.24) is 19.7 Å². The van der Waals surface area contributed by atoms with Crippen molar-refractivity contribution in [2.24, 2.45) is 7.05 Å². The van der Waals surface area contributed by atoms with Gasteiger partial charge in [0.2, 0.25) is 11.9 Å². The molecule has 0 radical (unpaired) electrons. The summed E-state index contributed by atoms with van der Waals surface area (Å²) in [5, 5.41) is 7.36. The van der Waals surface area contributed by atoms with E-state index in [2.05, 4.69) is 44.6 Å². The molecule has 0 bridgehead atoms. The van der Waals surface area contributed by atoms with E-state index < -0.39 is 0 Å². The van der Waals surface area contributed by atoms with Crippen LogP contribution in [0.5, 0.6) is 0 Å².